The molecule has 1 saturated carbocycles. The Kier molecular flexibility index (Phi) is 7.82. The highest BCUT2D eigenvalue weighted by Crippen LogP contribution is 2.40. The molecule has 2 atom stereocenters. The van der Waals surface area contributed by atoms with Gasteiger partial charge in [0.15, 0.2) is 0 Å². The van der Waals surface area contributed by atoms with Crippen LogP contribution in [0.25, 0.3) is 0 Å². The summed E-state index contributed by atoms with van der Waals surface area (Å²) in [6.45, 7) is 0.363. The van der Waals surface area contributed by atoms with Crippen molar-refractivity contribution in [2.24, 2.45) is 0 Å². The molecule has 1 fully saturated rings. The molecule has 186 valence electrons. The van der Waals surface area contributed by atoms with E-state index in [0.717, 1.165) is 23.1 Å². The van der Waals surface area contributed by atoms with E-state index in [1.807, 2.05) is 24.3 Å². The molecule has 9 nitrogen and oxygen atoms in total. The van der Waals surface area contributed by atoms with E-state index in [1.165, 1.54) is 0 Å². The number of carboxylic acids is 1. The van der Waals surface area contributed by atoms with Gasteiger partial charge >= 0.3 is 12.1 Å². The number of hydrogen-bond acceptors (Lipinski definition) is 6. The number of benzene rings is 3. The summed E-state index contributed by atoms with van der Waals surface area (Å²) >= 11 is 0. The number of amides is 2. The molecule has 36 heavy (non-hydrogen) atoms. The first kappa shape index (κ1) is 24.7. The van der Waals surface area contributed by atoms with E-state index in [0.29, 0.717) is 22.9 Å². The van der Waals surface area contributed by atoms with Crippen molar-refractivity contribution in [2.75, 3.05) is 17.6 Å². The van der Waals surface area contributed by atoms with Crippen molar-refractivity contribution in [3.05, 3.63) is 95.1 Å². The Morgan fingerprint density at radius 1 is 0.944 bits per heavy atom. The van der Waals surface area contributed by atoms with Crippen LogP contribution in [0.2, 0.25) is 0 Å². The summed E-state index contributed by atoms with van der Waals surface area (Å²) in [6, 6.07) is 21.9. The summed E-state index contributed by atoms with van der Waals surface area (Å²) in [5.74, 6) is -0.816. The molecule has 0 radical (unpaired) electrons. The number of nitrogen functional groups attached to an aromatic ring is 1. The van der Waals surface area contributed by atoms with Crippen LogP contribution in [0.1, 0.15) is 39.4 Å². The number of carboxylic acid groups (broad SMARTS) is 1. The summed E-state index contributed by atoms with van der Waals surface area (Å²) < 4.78 is 5.29. The van der Waals surface area contributed by atoms with E-state index in [9.17, 15) is 14.4 Å². The molecule has 1 aliphatic carbocycles. The fourth-order valence-corrected chi connectivity index (χ4v) is 3.82. The van der Waals surface area contributed by atoms with Crippen molar-refractivity contribution >= 4 is 29.3 Å². The predicted octanol–water partition coefficient (Wildman–Crippen LogP) is 3.48. The van der Waals surface area contributed by atoms with Crippen LogP contribution in [-0.2, 0) is 22.7 Å². The van der Waals surface area contributed by atoms with E-state index in [-0.39, 0.29) is 31.6 Å². The molecule has 3 aromatic carbocycles. The van der Waals surface area contributed by atoms with E-state index in [4.69, 9.17) is 15.6 Å². The number of hydrogen-bond donors (Lipinski definition) is 5. The Hall–Kier alpha value is -4.37. The van der Waals surface area contributed by atoms with Gasteiger partial charge in [-0.1, -0.05) is 48.5 Å². The molecule has 0 saturated heterocycles. The Labute approximate surface area is 208 Å². The lowest BCUT2D eigenvalue weighted by atomic mass is 10.1. The zero-order valence-electron chi connectivity index (χ0n) is 19.6. The van der Waals surface area contributed by atoms with Gasteiger partial charge < -0.3 is 31.5 Å². The number of nitrogens with two attached hydrogens (primary N) is 1. The zero-order valence-corrected chi connectivity index (χ0v) is 19.6. The molecule has 0 aliphatic heterocycles. The second-order valence-corrected chi connectivity index (χ2v) is 8.63. The average molecular weight is 489 g/mol. The van der Waals surface area contributed by atoms with Gasteiger partial charge in [-0.3, -0.25) is 9.59 Å². The van der Waals surface area contributed by atoms with Crippen LogP contribution in [-0.4, -0.2) is 35.7 Å². The third-order valence-electron chi connectivity index (χ3n) is 5.95. The minimum Gasteiger partial charge on any atom is -0.480 e. The van der Waals surface area contributed by atoms with Crippen molar-refractivity contribution in [1.82, 2.24) is 10.6 Å². The number of alkyl carbamates (subject to hydrolysis) is 1. The fraction of sp³-hybridized carbons (Fsp3) is 0.222. The SMILES string of the molecule is Nc1ccccc1NC(=O)c1ccc(CNC(=O)OCc2ccc(C3CC3NCC(=O)O)cc2)cc1. The minimum absolute atomic E-state index is 0.0362. The van der Waals surface area contributed by atoms with Crippen LogP contribution in [0.3, 0.4) is 0 Å². The number of anilines is 2. The molecule has 0 bridgehead atoms. The first-order chi connectivity index (χ1) is 17.4. The molecule has 0 aromatic heterocycles. The quantitative estimate of drug-likeness (QED) is 0.275. The third kappa shape index (κ3) is 6.83. The first-order valence-electron chi connectivity index (χ1n) is 11.6. The maximum Gasteiger partial charge on any atom is 0.407 e. The minimum atomic E-state index is -0.861. The van der Waals surface area contributed by atoms with Crippen LogP contribution in [0.4, 0.5) is 16.2 Å². The predicted molar refractivity (Wildman–Crippen MR) is 136 cm³/mol. The number of ether oxygens (including phenoxy) is 1. The van der Waals surface area contributed by atoms with E-state index >= 15 is 0 Å². The summed E-state index contributed by atoms with van der Waals surface area (Å²) in [7, 11) is 0. The Balaban J connectivity index is 1.18. The van der Waals surface area contributed by atoms with Gasteiger partial charge in [0.05, 0.1) is 17.9 Å². The van der Waals surface area contributed by atoms with Crippen molar-refractivity contribution in [1.29, 1.82) is 0 Å². The van der Waals surface area contributed by atoms with Gasteiger partial charge in [0, 0.05) is 24.1 Å². The lowest BCUT2D eigenvalue weighted by Crippen LogP contribution is -2.25. The monoisotopic (exact) mass is 488 g/mol. The van der Waals surface area contributed by atoms with Crippen LogP contribution in [0.15, 0.2) is 72.8 Å². The lowest BCUT2D eigenvalue weighted by molar-refractivity contribution is -0.136. The van der Waals surface area contributed by atoms with Gasteiger partial charge in [0.1, 0.15) is 6.61 Å². The van der Waals surface area contributed by atoms with Gasteiger partial charge in [-0.15, -0.1) is 0 Å². The molecule has 6 N–H and O–H groups in total. The van der Waals surface area contributed by atoms with E-state index < -0.39 is 12.1 Å². The van der Waals surface area contributed by atoms with Crippen LogP contribution >= 0.6 is 0 Å². The highest BCUT2D eigenvalue weighted by Gasteiger charge is 2.38. The number of rotatable bonds is 10. The molecule has 2 amide bonds. The molecule has 9 heteroatoms. The summed E-state index contributed by atoms with van der Waals surface area (Å²) in [5, 5.41) is 17.2. The van der Waals surface area contributed by atoms with Crippen molar-refractivity contribution in [2.45, 2.75) is 31.5 Å². The van der Waals surface area contributed by atoms with Gasteiger partial charge in [-0.2, -0.15) is 0 Å². The van der Waals surface area contributed by atoms with Crippen LogP contribution in [0, 0.1) is 0 Å². The van der Waals surface area contributed by atoms with Gasteiger partial charge in [0.25, 0.3) is 5.91 Å². The second-order valence-electron chi connectivity index (χ2n) is 8.63. The normalized spacial score (nSPS) is 16.1. The fourth-order valence-electron chi connectivity index (χ4n) is 3.82. The number of para-hydroxylation sites is 2. The number of nitrogens with one attached hydrogen (secondary N) is 3. The highest BCUT2D eigenvalue weighted by atomic mass is 16.5. The van der Waals surface area contributed by atoms with Gasteiger partial charge in [-0.25, -0.2) is 4.79 Å². The standard InChI is InChI=1S/C27H28N4O5/c28-22-3-1-2-4-23(22)31-26(34)20-11-5-17(6-12-20)14-30-27(35)36-16-18-7-9-19(10-8-18)21-13-24(21)29-15-25(32)33/h1-12,21,24,29H,13-16,28H2,(H,30,35)(H,31,34)(H,32,33). The first-order valence-corrected chi connectivity index (χ1v) is 11.6. The Bertz CT molecular complexity index is 1230. The Morgan fingerprint density at radius 2 is 1.64 bits per heavy atom. The van der Waals surface area contributed by atoms with E-state index in [2.05, 4.69) is 16.0 Å². The summed E-state index contributed by atoms with van der Waals surface area (Å²) in [5.41, 5.74) is 10.2. The topological polar surface area (TPSA) is 143 Å². The van der Waals surface area contributed by atoms with Gasteiger partial charge in [0.2, 0.25) is 0 Å². The molecule has 4 rings (SSSR count). The zero-order chi connectivity index (χ0) is 25.5. The molecule has 0 spiro atoms. The van der Waals surface area contributed by atoms with Gasteiger partial charge in [-0.05, 0) is 47.4 Å². The maximum atomic E-state index is 12.4. The van der Waals surface area contributed by atoms with Crippen molar-refractivity contribution in [3.8, 4) is 0 Å². The average Bonchev–Trinajstić information content (AvgIpc) is 3.67. The van der Waals surface area contributed by atoms with Crippen molar-refractivity contribution < 1.29 is 24.2 Å². The van der Waals surface area contributed by atoms with Crippen LogP contribution < -0.4 is 21.7 Å². The molecule has 3 aromatic rings. The second kappa shape index (κ2) is 11.4. The summed E-state index contributed by atoms with van der Waals surface area (Å²) in [4.78, 5) is 35.2. The van der Waals surface area contributed by atoms with Crippen molar-refractivity contribution in [3.63, 3.8) is 0 Å². The number of carbonyl (C=O) groups excluding carboxylic acids is 2. The lowest BCUT2D eigenvalue weighted by Gasteiger charge is -2.10. The highest BCUT2D eigenvalue weighted by molar-refractivity contribution is 6.05. The smallest absolute Gasteiger partial charge is 0.407 e. The largest absolute Gasteiger partial charge is 0.480 e. The molecular weight excluding hydrogens is 460 g/mol. The molecule has 1 aliphatic rings. The third-order valence-corrected chi connectivity index (χ3v) is 5.95. The molecule has 0 heterocycles. The number of carbonyl (C=O) groups is 3. The number of aliphatic carboxylic acids is 1. The van der Waals surface area contributed by atoms with E-state index in [1.54, 1.807) is 48.5 Å². The Morgan fingerprint density at radius 3 is 2.33 bits per heavy atom. The summed E-state index contributed by atoms with van der Waals surface area (Å²) in [6.07, 6.45) is 0.374. The maximum absolute atomic E-state index is 12.4. The molecule has 2 unspecified atom stereocenters. The van der Waals surface area contributed by atoms with Crippen LogP contribution in [0.5, 0.6) is 0 Å². The molecular formula is C27H28N4O5.